The van der Waals surface area contributed by atoms with Crippen molar-refractivity contribution in [1.82, 2.24) is 14.4 Å². The number of rotatable bonds is 2. The average Bonchev–Trinajstić information content (AvgIpc) is 2.78. The number of nitrogens with two attached hydrogens (primary N) is 1. The second-order valence-electron chi connectivity index (χ2n) is 3.91. The smallest absolute Gasteiger partial charge is 0.268 e. The number of nitrogens with zero attached hydrogens (tertiary/aromatic N) is 3. The maximum Gasteiger partial charge on any atom is 0.268 e. The van der Waals surface area contributed by atoms with Crippen LogP contribution in [0.1, 0.15) is 10.5 Å². The van der Waals surface area contributed by atoms with Crippen molar-refractivity contribution in [3.05, 3.63) is 53.4 Å². The van der Waals surface area contributed by atoms with Gasteiger partial charge in [0.2, 0.25) is 5.78 Å². The third-order valence-electron chi connectivity index (χ3n) is 2.69. The van der Waals surface area contributed by atoms with E-state index in [9.17, 15) is 4.79 Å². The highest BCUT2D eigenvalue weighted by molar-refractivity contribution is 6.30. The summed E-state index contributed by atoms with van der Waals surface area (Å²) in [6.07, 6.45) is 4.31. The minimum absolute atomic E-state index is 0.277. The lowest BCUT2D eigenvalue weighted by atomic mass is 10.1. The number of carbonyl (C=O) groups excluding carboxylic acids is 1. The molecule has 2 N–H and O–H groups in total. The summed E-state index contributed by atoms with van der Waals surface area (Å²) in [5, 5.41) is 0.560. The number of halogens is 1. The zero-order valence-electron chi connectivity index (χ0n) is 9.67. The summed E-state index contributed by atoms with van der Waals surface area (Å²) in [5.74, 6) is -0.207. The number of fused-ring (bicyclic) bond motifs is 1. The predicted molar refractivity (Wildman–Crippen MR) is 70.8 cm³/mol. The van der Waals surface area contributed by atoms with Gasteiger partial charge in [0.15, 0.2) is 0 Å². The highest BCUT2D eigenvalue weighted by atomic mass is 35.5. The summed E-state index contributed by atoms with van der Waals surface area (Å²) >= 11 is 5.95. The molecule has 3 aromatic rings. The molecule has 6 heteroatoms. The van der Waals surface area contributed by atoms with Crippen LogP contribution in [0.3, 0.4) is 0 Å². The molecular weight excluding hydrogens is 264 g/mol. The third-order valence-corrected chi connectivity index (χ3v) is 2.92. The minimum atomic E-state index is -0.574. The first kappa shape index (κ1) is 11.7. The van der Waals surface area contributed by atoms with E-state index in [1.165, 1.54) is 4.40 Å². The largest absolute Gasteiger partial charge is 0.364 e. The molecule has 5 nitrogen and oxygen atoms in total. The molecule has 0 saturated carbocycles. The van der Waals surface area contributed by atoms with Gasteiger partial charge in [-0.2, -0.15) is 0 Å². The molecule has 19 heavy (non-hydrogen) atoms. The molecule has 2 heterocycles. The van der Waals surface area contributed by atoms with Crippen LogP contribution in [0.15, 0.2) is 36.5 Å². The monoisotopic (exact) mass is 271 g/mol. The summed E-state index contributed by atoms with van der Waals surface area (Å²) < 4.78 is 1.54. The van der Waals surface area contributed by atoms with E-state index in [-0.39, 0.29) is 5.69 Å². The van der Waals surface area contributed by atoms with Gasteiger partial charge in [-0.15, -0.1) is 0 Å². The lowest BCUT2D eigenvalue weighted by Crippen LogP contribution is -2.15. The van der Waals surface area contributed by atoms with Crippen LogP contribution in [0.4, 0.5) is 0 Å². The van der Waals surface area contributed by atoms with Gasteiger partial charge in [-0.05, 0) is 18.2 Å². The SMILES string of the molecule is NC(=O)c1c(-c2cccc(Cl)c2)nc2n[c]ccn12. The van der Waals surface area contributed by atoms with Crippen LogP contribution in [-0.4, -0.2) is 20.3 Å². The van der Waals surface area contributed by atoms with Gasteiger partial charge >= 0.3 is 0 Å². The maximum absolute atomic E-state index is 11.6. The molecule has 0 fully saturated rings. The Labute approximate surface area is 113 Å². The van der Waals surface area contributed by atoms with E-state index in [2.05, 4.69) is 16.2 Å². The molecule has 0 unspecified atom stereocenters. The van der Waals surface area contributed by atoms with Crippen LogP contribution in [-0.2, 0) is 0 Å². The first-order valence-electron chi connectivity index (χ1n) is 5.47. The number of aromatic nitrogens is 3. The Hall–Kier alpha value is -2.40. The molecule has 93 valence electrons. The molecule has 0 aliphatic carbocycles. The molecule has 0 atom stereocenters. The quantitative estimate of drug-likeness (QED) is 0.774. The van der Waals surface area contributed by atoms with Gasteiger partial charge in [0.1, 0.15) is 11.4 Å². The van der Waals surface area contributed by atoms with Gasteiger partial charge in [0.25, 0.3) is 5.91 Å². The molecule has 1 aromatic carbocycles. The van der Waals surface area contributed by atoms with E-state index in [0.717, 1.165) is 0 Å². The zero-order valence-corrected chi connectivity index (χ0v) is 10.4. The second-order valence-corrected chi connectivity index (χ2v) is 4.35. The Morgan fingerprint density at radius 2 is 2.26 bits per heavy atom. The van der Waals surface area contributed by atoms with Crippen molar-refractivity contribution in [2.45, 2.75) is 0 Å². The fraction of sp³-hybridized carbons (Fsp3) is 0. The molecule has 0 bridgehead atoms. The van der Waals surface area contributed by atoms with Gasteiger partial charge in [-0.1, -0.05) is 23.7 Å². The number of hydrogen-bond acceptors (Lipinski definition) is 3. The van der Waals surface area contributed by atoms with E-state index in [1.807, 2.05) is 6.07 Å². The first-order valence-corrected chi connectivity index (χ1v) is 5.85. The van der Waals surface area contributed by atoms with Crippen molar-refractivity contribution in [3.63, 3.8) is 0 Å². The third kappa shape index (κ3) is 1.94. The Bertz CT molecular complexity index is 781. The summed E-state index contributed by atoms with van der Waals surface area (Å²) in [7, 11) is 0. The van der Waals surface area contributed by atoms with Gasteiger partial charge in [0.05, 0.1) is 6.20 Å². The van der Waals surface area contributed by atoms with Gasteiger partial charge in [-0.3, -0.25) is 9.20 Å². The van der Waals surface area contributed by atoms with Crippen molar-refractivity contribution in [2.75, 3.05) is 0 Å². The lowest BCUT2D eigenvalue weighted by Gasteiger charge is -2.01. The van der Waals surface area contributed by atoms with Gasteiger partial charge in [-0.25, -0.2) is 9.97 Å². The van der Waals surface area contributed by atoms with Crippen LogP contribution < -0.4 is 5.73 Å². The molecule has 0 aliphatic rings. The summed E-state index contributed by atoms with van der Waals surface area (Å²) in [5.41, 5.74) is 6.88. The number of hydrogen-bond donors (Lipinski definition) is 1. The summed E-state index contributed by atoms with van der Waals surface area (Å²) in [6.45, 7) is 0. The van der Waals surface area contributed by atoms with E-state index >= 15 is 0 Å². The van der Waals surface area contributed by atoms with E-state index in [4.69, 9.17) is 17.3 Å². The molecule has 1 amide bonds. The van der Waals surface area contributed by atoms with E-state index in [0.29, 0.717) is 22.1 Å². The Morgan fingerprint density at radius 3 is 3.00 bits per heavy atom. The molecular formula is C13H8ClN4O. The Balaban J connectivity index is 2.34. The van der Waals surface area contributed by atoms with Crippen LogP contribution in [0.5, 0.6) is 0 Å². The summed E-state index contributed by atoms with van der Waals surface area (Å²) in [6, 6.07) is 8.65. The fourth-order valence-electron chi connectivity index (χ4n) is 1.92. The Morgan fingerprint density at radius 1 is 1.42 bits per heavy atom. The number of amides is 1. The van der Waals surface area contributed by atoms with Crippen molar-refractivity contribution in [3.8, 4) is 11.3 Å². The van der Waals surface area contributed by atoms with Gasteiger partial charge < -0.3 is 5.73 Å². The standard InChI is InChI=1S/C13H8ClN4O/c14-9-4-1-3-8(7-9)10-11(12(15)19)18-6-2-5-16-13(18)17-10/h1-4,6-7H,(H2,15,19). The van der Waals surface area contributed by atoms with Crippen molar-refractivity contribution in [1.29, 1.82) is 0 Å². The normalized spacial score (nSPS) is 10.8. The van der Waals surface area contributed by atoms with Gasteiger partial charge in [0, 0.05) is 16.8 Å². The molecule has 0 aliphatic heterocycles. The van der Waals surface area contributed by atoms with Crippen LogP contribution in [0.25, 0.3) is 17.0 Å². The van der Waals surface area contributed by atoms with Crippen molar-refractivity contribution >= 4 is 23.3 Å². The highest BCUT2D eigenvalue weighted by Crippen LogP contribution is 2.25. The van der Waals surface area contributed by atoms with Crippen LogP contribution in [0, 0.1) is 6.20 Å². The highest BCUT2D eigenvalue weighted by Gasteiger charge is 2.18. The maximum atomic E-state index is 11.6. The number of imidazole rings is 1. The average molecular weight is 272 g/mol. The number of primary amides is 1. The first-order chi connectivity index (χ1) is 9.16. The van der Waals surface area contributed by atoms with Crippen LogP contribution >= 0.6 is 11.6 Å². The number of carbonyl (C=O) groups is 1. The Kier molecular flexibility index (Phi) is 2.68. The number of benzene rings is 1. The fourth-order valence-corrected chi connectivity index (χ4v) is 2.11. The minimum Gasteiger partial charge on any atom is -0.364 e. The van der Waals surface area contributed by atoms with E-state index in [1.54, 1.807) is 30.5 Å². The van der Waals surface area contributed by atoms with Crippen LogP contribution in [0.2, 0.25) is 5.02 Å². The zero-order chi connectivity index (χ0) is 13.4. The second kappa shape index (κ2) is 4.37. The summed E-state index contributed by atoms with van der Waals surface area (Å²) in [4.78, 5) is 19.9. The topological polar surface area (TPSA) is 73.3 Å². The van der Waals surface area contributed by atoms with E-state index < -0.39 is 5.91 Å². The molecule has 0 spiro atoms. The molecule has 3 rings (SSSR count). The molecule has 2 aromatic heterocycles. The lowest BCUT2D eigenvalue weighted by molar-refractivity contribution is 0.0995. The predicted octanol–water partition coefficient (Wildman–Crippen LogP) is 1.95. The van der Waals surface area contributed by atoms with Crippen molar-refractivity contribution in [2.24, 2.45) is 5.73 Å². The molecule has 1 radical (unpaired) electrons. The molecule has 0 saturated heterocycles. The van der Waals surface area contributed by atoms with Crippen molar-refractivity contribution < 1.29 is 4.79 Å².